The van der Waals surface area contributed by atoms with Gasteiger partial charge in [-0.25, -0.2) is 9.98 Å². The molecule has 0 unspecified atom stereocenters. The third kappa shape index (κ3) is 3.64. The van der Waals surface area contributed by atoms with Gasteiger partial charge in [0, 0.05) is 12.6 Å². The molecule has 4 rings (SSSR count). The summed E-state index contributed by atoms with van der Waals surface area (Å²) in [7, 11) is 1.69. The second-order valence-electron chi connectivity index (χ2n) is 5.77. The van der Waals surface area contributed by atoms with Crippen molar-refractivity contribution in [1.29, 1.82) is 0 Å². The zero-order valence-corrected chi connectivity index (χ0v) is 16.8. The monoisotopic (exact) mass is 429 g/mol. The summed E-state index contributed by atoms with van der Waals surface area (Å²) in [5, 5.41) is 16.4. The van der Waals surface area contributed by atoms with Crippen molar-refractivity contribution in [3.8, 4) is 5.88 Å². The molecule has 0 saturated heterocycles. The lowest BCUT2D eigenvalue weighted by Gasteiger charge is -2.06. The molecule has 0 atom stereocenters. The zero-order valence-electron chi connectivity index (χ0n) is 14.5. The quantitative estimate of drug-likeness (QED) is 0.664. The molecular weight excluding hydrogens is 417 g/mol. The van der Waals surface area contributed by atoms with E-state index < -0.39 is 0 Å². The maximum Gasteiger partial charge on any atom is 0.231 e. The van der Waals surface area contributed by atoms with Gasteiger partial charge < -0.3 is 10.4 Å². The van der Waals surface area contributed by atoms with Crippen molar-refractivity contribution in [1.82, 2.24) is 4.98 Å². The predicted octanol–water partition coefficient (Wildman–Crippen LogP) is 3.77. The summed E-state index contributed by atoms with van der Waals surface area (Å²) >= 11 is 13.6. The van der Waals surface area contributed by atoms with Gasteiger partial charge in [-0.15, -0.1) is 0 Å². The highest BCUT2D eigenvalue weighted by atomic mass is 35.5. The van der Waals surface area contributed by atoms with Crippen LogP contribution < -0.4 is 15.9 Å². The maximum atomic E-state index is 10.2. The van der Waals surface area contributed by atoms with Gasteiger partial charge in [0.15, 0.2) is 11.0 Å². The number of aromatic nitrogens is 1. The Hall–Kier alpha value is -2.74. The lowest BCUT2D eigenvalue weighted by atomic mass is 10.1. The molecule has 6 nitrogen and oxygen atoms in total. The van der Waals surface area contributed by atoms with Crippen LogP contribution in [0.15, 0.2) is 51.4 Å². The Balaban J connectivity index is 1.71. The number of fused-ring (bicyclic) bond motifs is 1. The lowest BCUT2D eigenvalue weighted by molar-refractivity contribution is 0.457. The highest BCUT2D eigenvalue weighted by Gasteiger charge is 2.12. The van der Waals surface area contributed by atoms with Crippen LogP contribution in [0.2, 0.25) is 10.0 Å². The molecular formula is C19H13Cl2N5OS. The molecule has 28 heavy (non-hydrogen) atoms. The van der Waals surface area contributed by atoms with E-state index in [1.54, 1.807) is 25.2 Å². The number of nitrogens with one attached hydrogen (secondary N) is 1. The van der Waals surface area contributed by atoms with Crippen LogP contribution in [0.4, 0.5) is 10.8 Å². The highest BCUT2D eigenvalue weighted by molar-refractivity contribution is 7.16. The van der Waals surface area contributed by atoms with E-state index >= 15 is 0 Å². The minimum atomic E-state index is -0.0829. The second kappa shape index (κ2) is 7.71. The zero-order chi connectivity index (χ0) is 19.7. The van der Waals surface area contributed by atoms with Gasteiger partial charge in [0.05, 0.1) is 26.0 Å². The summed E-state index contributed by atoms with van der Waals surface area (Å²) in [6.07, 6.45) is 3.32. The minimum Gasteiger partial charge on any atom is -0.492 e. The van der Waals surface area contributed by atoms with Gasteiger partial charge in [-0.1, -0.05) is 46.7 Å². The van der Waals surface area contributed by atoms with Crippen LogP contribution in [0.1, 0.15) is 10.4 Å². The molecule has 2 aromatic carbocycles. The maximum absolute atomic E-state index is 10.2. The number of halogens is 2. The third-order valence-electron chi connectivity index (χ3n) is 3.98. The fourth-order valence-corrected chi connectivity index (χ4v) is 3.99. The molecule has 1 aliphatic rings. The standard InChI is InChI=1S/C19H13Cl2N5OS/c1-22-17-11-7-10(5-6-14(11)23-9-24-17)8-15-18(27)26-19(28-15)25-16-12(20)3-2-4-13(16)21/h2-9,27H,1H3,(H,25,26)/b10-8+,22-17?. The molecule has 0 bridgehead atoms. The van der Waals surface area contributed by atoms with Gasteiger partial charge in [0.2, 0.25) is 5.88 Å². The predicted molar refractivity (Wildman–Crippen MR) is 115 cm³/mol. The molecule has 9 heteroatoms. The Kier molecular flexibility index (Phi) is 5.13. The van der Waals surface area contributed by atoms with E-state index in [4.69, 9.17) is 23.2 Å². The Morgan fingerprint density at radius 2 is 1.96 bits per heavy atom. The van der Waals surface area contributed by atoms with Crippen molar-refractivity contribution in [2.75, 3.05) is 12.4 Å². The van der Waals surface area contributed by atoms with Crippen LogP contribution in [0.25, 0.3) is 6.08 Å². The van der Waals surface area contributed by atoms with E-state index in [1.807, 2.05) is 24.3 Å². The van der Waals surface area contributed by atoms with Gasteiger partial charge in [0.1, 0.15) is 6.34 Å². The Labute approximate surface area is 174 Å². The van der Waals surface area contributed by atoms with Crippen molar-refractivity contribution in [2.45, 2.75) is 0 Å². The number of amidine groups is 1. The SMILES string of the molecule is CN=C1N=CN=c2cc/c(=C\c3sc(Nc4c(Cl)cccc4Cl)nc3O)cc21. The molecule has 2 N–H and O–H groups in total. The number of rotatable bonds is 3. The van der Waals surface area contributed by atoms with Crippen molar-refractivity contribution in [3.05, 3.63) is 67.5 Å². The summed E-state index contributed by atoms with van der Waals surface area (Å²) in [5.74, 6) is 0.532. The minimum absolute atomic E-state index is 0.0829. The van der Waals surface area contributed by atoms with E-state index in [2.05, 4.69) is 25.3 Å². The molecule has 2 heterocycles. The molecule has 0 radical (unpaired) electrons. The highest BCUT2D eigenvalue weighted by Crippen LogP contribution is 2.36. The summed E-state index contributed by atoms with van der Waals surface area (Å²) < 4.78 is 0. The molecule has 3 aromatic rings. The van der Waals surface area contributed by atoms with E-state index in [9.17, 15) is 5.11 Å². The van der Waals surface area contributed by atoms with Gasteiger partial charge in [0.25, 0.3) is 0 Å². The molecule has 0 fully saturated rings. The van der Waals surface area contributed by atoms with Crippen molar-refractivity contribution in [2.24, 2.45) is 15.0 Å². The summed E-state index contributed by atoms with van der Waals surface area (Å²) in [5.41, 5.74) is 1.38. The number of hydrogen-bond donors (Lipinski definition) is 2. The number of aliphatic imine (C=N–C) groups is 2. The Morgan fingerprint density at radius 3 is 2.71 bits per heavy atom. The van der Waals surface area contributed by atoms with Gasteiger partial charge in [-0.3, -0.25) is 4.99 Å². The molecule has 140 valence electrons. The lowest BCUT2D eigenvalue weighted by Crippen LogP contribution is -2.22. The largest absolute Gasteiger partial charge is 0.492 e. The van der Waals surface area contributed by atoms with Gasteiger partial charge in [-0.2, -0.15) is 4.98 Å². The number of nitrogens with zero attached hydrogens (tertiary/aromatic N) is 4. The number of thiazole rings is 1. The molecule has 0 aliphatic carbocycles. The van der Waals surface area contributed by atoms with Crippen molar-refractivity contribution >= 4 is 63.6 Å². The topological polar surface area (TPSA) is 82.2 Å². The number of benzene rings is 2. The number of hydrogen-bond acceptors (Lipinski definition) is 6. The fourth-order valence-electron chi connectivity index (χ4n) is 2.68. The number of para-hydroxylation sites is 1. The van der Waals surface area contributed by atoms with Gasteiger partial charge in [-0.05, 0) is 35.6 Å². The van der Waals surface area contributed by atoms with E-state index in [-0.39, 0.29) is 5.88 Å². The average molecular weight is 430 g/mol. The van der Waals surface area contributed by atoms with E-state index in [0.29, 0.717) is 31.6 Å². The Morgan fingerprint density at radius 1 is 1.18 bits per heavy atom. The van der Waals surface area contributed by atoms with E-state index in [0.717, 1.165) is 16.1 Å². The summed E-state index contributed by atoms with van der Waals surface area (Å²) in [6, 6.07) is 10.9. The van der Waals surface area contributed by atoms with Crippen molar-refractivity contribution < 1.29 is 5.11 Å². The first kappa shape index (κ1) is 18.6. The van der Waals surface area contributed by atoms with Crippen LogP contribution in [0.5, 0.6) is 5.88 Å². The molecule has 0 spiro atoms. The number of anilines is 2. The number of aromatic hydroxyl groups is 1. The van der Waals surface area contributed by atoms with Crippen LogP contribution >= 0.6 is 34.5 Å². The molecule has 1 aliphatic heterocycles. The van der Waals surface area contributed by atoms with Crippen molar-refractivity contribution in [3.63, 3.8) is 0 Å². The molecule has 1 aromatic heterocycles. The van der Waals surface area contributed by atoms with Gasteiger partial charge >= 0.3 is 0 Å². The first-order valence-corrected chi connectivity index (χ1v) is 9.72. The summed E-state index contributed by atoms with van der Waals surface area (Å²) in [6.45, 7) is 0. The average Bonchev–Trinajstić information content (AvgIpc) is 3.03. The normalized spacial score (nSPS) is 14.8. The Bertz CT molecular complexity index is 1230. The summed E-state index contributed by atoms with van der Waals surface area (Å²) in [4.78, 5) is 17.3. The van der Waals surface area contributed by atoms with Crippen LogP contribution in [-0.4, -0.2) is 29.3 Å². The fraction of sp³-hybridized carbons (Fsp3) is 0.0526. The molecule has 0 amide bonds. The van der Waals surface area contributed by atoms with E-state index in [1.165, 1.54) is 17.7 Å². The second-order valence-corrected chi connectivity index (χ2v) is 7.62. The molecule has 0 saturated carbocycles. The first-order chi connectivity index (χ1) is 13.5. The van der Waals surface area contributed by atoms with Crippen LogP contribution in [-0.2, 0) is 0 Å². The third-order valence-corrected chi connectivity index (χ3v) is 5.51. The smallest absolute Gasteiger partial charge is 0.231 e. The first-order valence-electron chi connectivity index (χ1n) is 8.15. The van der Waals surface area contributed by atoms with Crippen LogP contribution in [0, 0.1) is 0 Å². The van der Waals surface area contributed by atoms with Crippen LogP contribution in [0.3, 0.4) is 0 Å².